The average molecular weight is 171 g/mol. The zero-order valence-electron chi connectivity index (χ0n) is 7.88. The largest absolute Gasteiger partial charge is 0.347 e. The van der Waals surface area contributed by atoms with E-state index in [1.807, 2.05) is 0 Å². The van der Waals surface area contributed by atoms with Crippen molar-refractivity contribution in [3.63, 3.8) is 0 Å². The molecule has 0 N–H and O–H groups in total. The molecule has 2 aliphatic rings. The first-order chi connectivity index (χ1) is 5.72. The van der Waals surface area contributed by atoms with Crippen LogP contribution in [0.25, 0.3) is 0 Å². The van der Waals surface area contributed by atoms with Crippen LogP contribution in [0, 0.1) is 0 Å². The van der Waals surface area contributed by atoms with Gasteiger partial charge in [-0.25, -0.2) is 0 Å². The van der Waals surface area contributed by atoms with E-state index in [-0.39, 0.29) is 5.79 Å². The first-order valence-electron chi connectivity index (χ1n) is 4.74. The monoisotopic (exact) mass is 171 g/mol. The van der Waals surface area contributed by atoms with Gasteiger partial charge in [0.05, 0.1) is 26.3 Å². The predicted octanol–water partition coefficient (Wildman–Crippen LogP) is 0.844. The molecule has 2 fully saturated rings. The number of hydrogen-bond acceptors (Lipinski definition) is 3. The molecule has 0 aromatic carbocycles. The molecule has 0 aliphatic carbocycles. The van der Waals surface area contributed by atoms with Gasteiger partial charge in [-0.05, 0) is 20.3 Å². The van der Waals surface area contributed by atoms with Gasteiger partial charge in [0.15, 0.2) is 5.79 Å². The van der Waals surface area contributed by atoms with Crippen LogP contribution in [0.3, 0.4) is 0 Å². The first kappa shape index (κ1) is 8.48. The first-order valence-corrected chi connectivity index (χ1v) is 4.74. The van der Waals surface area contributed by atoms with Gasteiger partial charge in [-0.15, -0.1) is 0 Å². The molecule has 3 nitrogen and oxygen atoms in total. The minimum absolute atomic E-state index is 0.220. The molecule has 0 atom stereocenters. The molecule has 70 valence electrons. The maximum absolute atomic E-state index is 5.62. The van der Waals surface area contributed by atoms with Crippen LogP contribution in [0.1, 0.15) is 20.3 Å². The molecular formula is C9H17NO2. The third-order valence-electron chi connectivity index (χ3n) is 2.64. The second-order valence-corrected chi connectivity index (χ2v) is 3.96. The van der Waals surface area contributed by atoms with Crippen molar-refractivity contribution in [2.75, 3.05) is 26.3 Å². The lowest BCUT2D eigenvalue weighted by Crippen LogP contribution is -2.67. The number of nitrogens with zero attached hydrogens (tertiary/aromatic N) is 1. The smallest absolute Gasteiger partial charge is 0.193 e. The molecule has 2 rings (SSSR count). The summed E-state index contributed by atoms with van der Waals surface area (Å²) >= 11 is 0. The molecular weight excluding hydrogens is 154 g/mol. The van der Waals surface area contributed by atoms with Gasteiger partial charge in [0.1, 0.15) is 0 Å². The van der Waals surface area contributed by atoms with Gasteiger partial charge in [0.2, 0.25) is 0 Å². The minimum atomic E-state index is -0.220. The molecule has 0 amide bonds. The molecule has 0 unspecified atom stereocenters. The van der Waals surface area contributed by atoms with Crippen LogP contribution in [0.5, 0.6) is 0 Å². The zero-order valence-corrected chi connectivity index (χ0v) is 7.88. The highest BCUT2D eigenvalue weighted by molar-refractivity contribution is 4.92. The van der Waals surface area contributed by atoms with E-state index in [1.165, 1.54) is 0 Å². The van der Waals surface area contributed by atoms with E-state index in [0.717, 1.165) is 32.7 Å². The average Bonchev–Trinajstić information content (AvgIpc) is 2.01. The maximum atomic E-state index is 5.62. The minimum Gasteiger partial charge on any atom is -0.347 e. The van der Waals surface area contributed by atoms with Gasteiger partial charge < -0.3 is 9.47 Å². The van der Waals surface area contributed by atoms with Crippen molar-refractivity contribution >= 4 is 0 Å². The van der Waals surface area contributed by atoms with Crippen molar-refractivity contribution in [3.8, 4) is 0 Å². The van der Waals surface area contributed by atoms with Gasteiger partial charge in [0.25, 0.3) is 0 Å². The Balaban J connectivity index is 1.84. The normalized spacial score (nSPS) is 29.2. The number of hydrogen-bond donors (Lipinski definition) is 0. The van der Waals surface area contributed by atoms with Crippen LogP contribution in [-0.2, 0) is 9.47 Å². The quantitative estimate of drug-likeness (QED) is 0.583. The van der Waals surface area contributed by atoms with E-state index in [1.54, 1.807) is 0 Å². The lowest BCUT2D eigenvalue weighted by atomic mass is 10.0. The molecule has 0 aromatic rings. The van der Waals surface area contributed by atoms with Crippen LogP contribution in [-0.4, -0.2) is 43.0 Å². The van der Waals surface area contributed by atoms with Crippen molar-refractivity contribution in [1.29, 1.82) is 0 Å². The number of rotatable bonds is 1. The fraction of sp³-hybridized carbons (Fsp3) is 1.00. The molecule has 0 saturated carbocycles. The van der Waals surface area contributed by atoms with Crippen LogP contribution in [0.15, 0.2) is 0 Å². The maximum Gasteiger partial charge on any atom is 0.193 e. The molecule has 0 bridgehead atoms. The van der Waals surface area contributed by atoms with Gasteiger partial charge in [-0.2, -0.15) is 0 Å². The highest BCUT2D eigenvalue weighted by Crippen LogP contribution is 2.30. The molecule has 12 heavy (non-hydrogen) atoms. The van der Waals surface area contributed by atoms with E-state index in [9.17, 15) is 0 Å². The lowest BCUT2D eigenvalue weighted by molar-refractivity contribution is -0.325. The highest BCUT2D eigenvalue weighted by Gasteiger charge is 2.47. The second kappa shape index (κ2) is 2.98. The van der Waals surface area contributed by atoms with Crippen LogP contribution in [0.2, 0.25) is 0 Å². The highest BCUT2D eigenvalue weighted by atomic mass is 16.7. The summed E-state index contributed by atoms with van der Waals surface area (Å²) in [6, 6.07) is 0.616. The van der Waals surface area contributed by atoms with Crippen molar-refractivity contribution in [1.82, 2.24) is 4.90 Å². The summed E-state index contributed by atoms with van der Waals surface area (Å²) in [6.07, 6.45) is 1.05. The summed E-state index contributed by atoms with van der Waals surface area (Å²) in [6.45, 7) is 8.04. The Kier molecular flexibility index (Phi) is 2.10. The summed E-state index contributed by atoms with van der Waals surface area (Å²) in [4.78, 5) is 2.37. The van der Waals surface area contributed by atoms with Crippen molar-refractivity contribution in [2.45, 2.75) is 32.1 Å². The Hall–Kier alpha value is -0.120. The van der Waals surface area contributed by atoms with E-state index in [2.05, 4.69) is 18.7 Å². The molecule has 2 saturated heterocycles. The Morgan fingerprint density at radius 3 is 2.25 bits per heavy atom. The van der Waals surface area contributed by atoms with Gasteiger partial charge in [-0.3, -0.25) is 4.90 Å². The van der Waals surface area contributed by atoms with E-state index >= 15 is 0 Å². The Morgan fingerprint density at radius 1 is 1.17 bits per heavy atom. The summed E-state index contributed by atoms with van der Waals surface area (Å²) in [5.41, 5.74) is 0. The van der Waals surface area contributed by atoms with Crippen molar-refractivity contribution in [2.24, 2.45) is 0 Å². The Morgan fingerprint density at radius 2 is 1.75 bits per heavy atom. The SMILES string of the molecule is CC(C)N1CC2(C1)OCCCO2. The topological polar surface area (TPSA) is 21.7 Å². The fourth-order valence-corrected chi connectivity index (χ4v) is 1.74. The lowest BCUT2D eigenvalue weighted by Gasteiger charge is -2.52. The van der Waals surface area contributed by atoms with E-state index < -0.39 is 0 Å². The van der Waals surface area contributed by atoms with Crippen LogP contribution >= 0.6 is 0 Å². The third-order valence-corrected chi connectivity index (χ3v) is 2.64. The summed E-state index contributed by atoms with van der Waals surface area (Å²) in [5.74, 6) is -0.220. The summed E-state index contributed by atoms with van der Waals surface area (Å²) < 4.78 is 11.2. The Labute approximate surface area is 73.6 Å². The third kappa shape index (κ3) is 1.37. The number of ether oxygens (including phenoxy) is 2. The van der Waals surface area contributed by atoms with E-state index in [4.69, 9.17) is 9.47 Å². The summed E-state index contributed by atoms with van der Waals surface area (Å²) in [7, 11) is 0. The molecule has 0 radical (unpaired) electrons. The second-order valence-electron chi connectivity index (χ2n) is 3.96. The van der Waals surface area contributed by atoms with Crippen molar-refractivity contribution in [3.05, 3.63) is 0 Å². The summed E-state index contributed by atoms with van der Waals surface area (Å²) in [5, 5.41) is 0. The van der Waals surface area contributed by atoms with Crippen LogP contribution in [0.4, 0.5) is 0 Å². The zero-order chi connectivity index (χ0) is 8.60. The van der Waals surface area contributed by atoms with Crippen molar-refractivity contribution < 1.29 is 9.47 Å². The molecule has 2 aliphatic heterocycles. The number of likely N-dealkylation sites (tertiary alicyclic amines) is 1. The predicted molar refractivity (Wildman–Crippen MR) is 46.0 cm³/mol. The molecule has 1 spiro atoms. The fourth-order valence-electron chi connectivity index (χ4n) is 1.74. The van der Waals surface area contributed by atoms with Gasteiger partial charge >= 0.3 is 0 Å². The molecule has 3 heteroatoms. The van der Waals surface area contributed by atoms with Crippen LogP contribution < -0.4 is 0 Å². The van der Waals surface area contributed by atoms with Gasteiger partial charge in [0, 0.05) is 6.04 Å². The van der Waals surface area contributed by atoms with E-state index in [0.29, 0.717) is 6.04 Å². The molecule has 2 heterocycles. The molecule has 0 aromatic heterocycles. The standard InChI is InChI=1S/C9H17NO2/c1-8(2)10-6-9(7-10)11-4-3-5-12-9/h8H,3-7H2,1-2H3. The Bertz CT molecular complexity index is 156. The van der Waals surface area contributed by atoms with Gasteiger partial charge in [-0.1, -0.05) is 0 Å².